The van der Waals surface area contributed by atoms with Gasteiger partial charge in [-0.25, -0.2) is 4.39 Å². The Bertz CT molecular complexity index is 1230. The molecule has 0 radical (unpaired) electrons. The number of aryl methyl sites for hydroxylation is 1. The molecular weight excluding hydrogens is 443 g/mol. The smallest absolute Gasteiger partial charge is 0.220 e. The molecule has 1 aromatic heterocycles. The third kappa shape index (κ3) is 5.56. The zero-order chi connectivity index (χ0) is 23.2. The van der Waals surface area contributed by atoms with Crippen molar-refractivity contribution in [2.24, 2.45) is 0 Å². The Labute approximate surface area is 194 Å². The zero-order valence-corrected chi connectivity index (χ0v) is 18.6. The van der Waals surface area contributed by atoms with Gasteiger partial charge in [-0.05, 0) is 42.8 Å². The largest absolute Gasteiger partial charge is 0.489 e. The molecule has 0 bridgehead atoms. The van der Waals surface area contributed by atoms with Crippen molar-refractivity contribution in [1.29, 1.82) is 0 Å². The summed E-state index contributed by atoms with van der Waals surface area (Å²) in [5.41, 5.74) is 2.36. The van der Waals surface area contributed by atoms with Gasteiger partial charge in [-0.15, -0.1) is 10.2 Å². The van der Waals surface area contributed by atoms with Crippen molar-refractivity contribution in [2.45, 2.75) is 23.9 Å². The van der Waals surface area contributed by atoms with Gasteiger partial charge < -0.3 is 4.74 Å². The highest BCUT2D eigenvalue weighted by atomic mass is 32.2. The number of nitrogens with zero attached hydrogens (tertiary/aromatic N) is 4. The van der Waals surface area contributed by atoms with Crippen LogP contribution in [0.1, 0.15) is 22.2 Å². The molecule has 7 nitrogen and oxygen atoms in total. The second kappa shape index (κ2) is 10.3. The van der Waals surface area contributed by atoms with Crippen molar-refractivity contribution in [3.63, 3.8) is 0 Å². The van der Waals surface area contributed by atoms with E-state index in [0.717, 1.165) is 11.3 Å². The Morgan fingerprint density at radius 3 is 2.45 bits per heavy atom. The molecule has 0 aliphatic rings. The van der Waals surface area contributed by atoms with Crippen LogP contribution >= 0.6 is 11.8 Å². The second-order valence-corrected chi connectivity index (χ2v) is 8.45. The van der Waals surface area contributed by atoms with Crippen LogP contribution in [0.2, 0.25) is 0 Å². The number of nitro groups is 1. The first kappa shape index (κ1) is 22.5. The molecule has 4 rings (SSSR count). The highest BCUT2D eigenvalue weighted by molar-refractivity contribution is 7.99. The fourth-order valence-corrected chi connectivity index (χ4v) is 4.58. The first-order valence-corrected chi connectivity index (χ1v) is 11.1. The molecule has 9 heteroatoms. The van der Waals surface area contributed by atoms with Gasteiger partial charge in [0.1, 0.15) is 29.2 Å². The van der Waals surface area contributed by atoms with Gasteiger partial charge in [0.05, 0.1) is 0 Å². The van der Waals surface area contributed by atoms with Crippen LogP contribution in [0, 0.1) is 22.9 Å². The maximum atomic E-state index is 13.2. The topological polar surface area (TPSA) is 83.1 Å². The number of halogens is 1. The Morgan fingerprint density at radius 2 is 1.73 bits per heavy atom. The first-order valence-electron chi connectivity index (χ1n) is 10.2. The van der Waals surface area contributed by atoms with Gasteiger partial charge in [-0.2, -0.15) is 0 Å². The number of rotatable bonds is 9. The van der Waals surface area contributed by atoms with Crippen LogP contribution in [0.3, 0.4) is 0 Å². The van der Waals surface area contributed by atoms with Crippen LogP contribution in [0.15, 0.2) is 84.0 Å². The predicted octanol–water partition coefficient (Wildman–Crippen LogP) is 5.40. The van der Waals surface area contributed by atoms with E-state index in [2.05, 4.69) is 10.2 Å². The van der Waals surface area contributed by atoms with Crippen LogP contribution in [0.5, 0.6) is 5.75 Å². The quantitative estimate of drug-likeness (QED) is 0.187. The number of aromatic nitrogens is 3. The summed E-state index contributed by atoms with van der Waals surface area (Å²) < 4.78 is 21.0. The summed E-state index contributed by atoms with van der Waals surface area (Å²) in [7, 11) is 0. The summed E-state index contributed by atoms with van der Waals surface area (Å²) in [5, 5.41) is 20.0. The summed E-state index contributed by atoms with van der Waals surface area (Å²) in [6.45, 7) is 1.74. The molecule has 1 heterocycles. The van der Waals surface area contributed by atoms with E-state index in [0.29, 0.717) is 22.3 Å². The molecule has 0 amide bonds. The van der Waals surface area contributed by atoms with Gasteiger partial charge in [-0.1, -0.05) is 60.3 Å². The van der Waals surface area contributed by atoms with E-state index in [4.69, 9.17) is 4.74 Å². The summed E-state index contributed by atoms with van der Waals surface area (Å²) in [5.74, 6) is 0.896. The third-order valence-corrected chi connectivity index (χ3v) is 6.11. The predicted molar refractivity (Wildman–Crippen MR) is 124 cm³/mol. The molecule has 3 aromatic carbocycles. The molecule has 1 atom stereocenters. The minimum Gasteiger partial charge on any atom is -0.489 e. The maximum absolute atomic E-state index is 13.2. The van der Waals surface area contributed by atoms with Crippen molar-refractivity contribution in [3.05, 3.63) is 112 Å². The maximum Gasteiger partial charge on any atom is 0.220 e. The summed E-state index contributed by atoms with van der Waals surface area (Å²) >= 11 is 1.27. The third-order valence-electron chi connectivity index (χ3n) is 4.95. The molecule has 4 aromatic rings. The lowest BCUT2D eigenvalue weighted by Gasteiger charge is -2.18. The Hall–Kier alpha value is -3.72. The molecule has 0 saturated heterocycles. The summed E-state index contributed by atoms with van der Waals surface area (Å²) in [6, 6.07) is 22.9. The van der Waals surface area contributed by atoms with E-state index in [1.54, 1.807) is 18.2 Å². The highest BCUT2D eigenvalue weighted by Crippen LogP contribution is 2.40. The first-order chi connectivity index (χ1) is 16.0. The zero-order valence-electron chi connectivity index (χ0n) is 17.8. The van der Waals surface area contributed by atoms with E-state index in [-0.39, 0.29) is 23.9 Å². The molecule has 0 fully saturated rings. The van der Waals surface area contributed by atoms with Crippen LogP contribution in [-0.2, 0) is 6.61 Å². The lowest BCUT2D eigenvalue weighted by Crippen LogP contribution is -2.12. The SMILES string of the molecule is Cc1nnc(S[C@H](C[N+](=O)[O-])c2ccccc2OCc2ccc(F)cc2)n1-c1ccccc1. The minimum absolute atomic E-state index is 0.215. The Balaban J connectivity index is 1.63. The number of benzene rings is 3. The molecule has 0 unspecified atom stereocenters. The molecule has 0 saturated carbocycles. The van der Waals surface area contributed by atoms with E-state index < -0.39 is 5.25 Å². The lowest BCUT2D eigenvalue weighted by atomic mass is 10.1. The van der Waals surface area contributed by atoms with Crippen LogP contribution in [-0.4, -0.2) is 26.2 Å². The standard InChI is InChI=1S/C24H21FN4O3S/c1-17-26-27-24(29(17)20-7-3-2-4-8-20)33-23(15-28(30)31)21-9-5-6-10-22(21)32-16-18-11-13-19(25)14-12-18/h2-14,23H,15-16H2,1H3/t23-/m1/s1. The van der Waals surface area contributed by atoms with Gasteiger partial charge in [0.15, 0.2) is 5.16 Å². The molecule has 0 aliphatic carbocycles. The van der Waals surface area contributed by atoms with Crippen molar-refractivity contribution in [3.8, 4) is 11.4 Å². The van der Waals surface area contributed by atoms with Gasteiger partial charge in [0.2, 0.25) is 6.54 Å². The van der Waals surface area contributed by atoms with Gasteiger partial charge in [0.25, 0.3) is 0 Å². The normalized spacial score (nSPS) is 11.8. The second-order valence-electron chi connectivity index (χ2n) is 7.28. The number of hydrogen-bond acceptors (Lipinski definition) is 6. The highest BCUT2D eigenvalue weighted by Gasteiger charge is 2.26. The van der Waals surface area contributed by atoms with Crippen LogP contribution in [0.25, 0.3) is 5.69 Å². The van der Waals surface area contributed by atoms with E-state index in [9.17, 15) is 14.5 Å². The summed E-state index contributed by atoms with van der Waals surface area (Å²) in [4.78, 5) is 11.2. The van der Waals surface area contributed by atoms with E-state index >= 15 is 0 Å². The van der Waals surface area contributed by atoms with Crippen molar-refractivity contribution in [2.75, 3.05) is 6.54 Å². The summed E-state index contributed by atoms with van der Waals surface area (Å²) in [6.07, 6.45) is 0. The fourth-order valence-electron chi connectivity index (χ4n) is 3.38. The van der Waals surface area contributed by atoms with Crippen molar-refractivity contribution in [1.82, 2.24) is 14.8 Å². The molecular formula is C24H21FN4O3S. The minimum atomic E-state index is -0.560. The average Bonchev–Trinajstić information content (AvgIpc) is 3.18. The number of thioether (sulfide) groups is 1. The van der Waals surface area contributed by atoms with Gasteiger partial charge in [-0.3, -0.25) is 14.7 Å². The molecule has 33 heavy (non-hydrogen) atoms. The Morgan fingerprint density at radius 1 is 1.03 bits per heavy atom. The van der Waals surface area contributed by atoms with E-state index in [1.807, 2.05) is 60.0 Å². The Kier molecular flexibility index (Phi) is 6.99. The van der Waals surface area contributed by atoms with Crippen LogP contribution < -0.4 is 4.74 Å². The monoisotopic (exact) mass is 464 g/mol. The van der Waals surface area contributed by atoms with Crippen LogP contribution in [0.4, 0.5) is 4.39 Å². The molecule has 0 N–H and O–H groups in total. The van der Waals surface area contributed by atoms with Crippen molar-refractivity contribution >= 4 is 11.8 Å². The number of ether oxygens (including phenoxy) is 1. The molecule has 168 valence electrons. The lowest BCUT2D eigenvalue weighted by molar-refractivity contribution is -0.479. The van der Waals surface area contributed by atoms with Crippen molar-refractivity contribution < 1.29 is 14.1 Å². The fraction of sp³-hybridized carbons (Fsp3) is 0.167. The van der Waals surface area contributed by atoms with Gasteiger partial charge in [0, 0.05) is 16.2 Å². The van der Waals surface area contributed by atoms with E-state index in [1.165, 1.54) is 23.9 Å². The molecule has 0 spiro atoms. The number of hydrogen-bond donors (Lipinski definition) is 0. The average molecular weight is 465 g/mol. The number of para-hydroxylation sites is 2. The van der Waals surface area contributed by atoms with Gasteiger partial charge >= 0.3 is 0 Å². The molecule has 0 aliphatic heterocycles.